The third kappa shape index (κ3) is 8.81. The van der Waals surface area contributed by atoms with Gasteiger partial charge in [-0.2, -0.15) is 0 Å². The summed E-state index contributed by atoms with van der Waals surface area (Å²) in [5.41, 5.74) is 4.47. The Morgan fingerprint density at radius 2 is 1.50 bits per heavy atom. The van der Waals surface area contributed by atoms with Crippen molar-refractivity contribution in [2.45, 2.75) is 117 Å². The van der Waals surface area contributed by atoms with Gasteiger partial charge >= 0.3 is 12.2 Å². The largest absolute Gasteiger partial charge is 0.444 e. The van der Waals surface area contributed by atoms with Gasteiger partial charge < -0.3 is 19.3 Å². The second kappa shape index (κ2) is 14.4. The van der Waals surface area contributed by atoms with E-state index in [-0.39, 0.29) is 18.2 Å². The summed E-state index contributed by atoms with van der Waals surface area (Å²) < 4.78 is 13.9. The van der Waals surface area contributed by atoms with Crippen molar-refractivity contribution in [3.63, 3.8) is 0 Å². The van der Waals surface area contributed by atoms with Gasteiger partial charge in [0, 0.05) is 50.0 Å². The number of amides is 2. The molecule has 0 unspecified atom stereocenters. The van der Waals surface area contributed by atoms with Crippen molar-refractivity contribution in [1.82, 2.24) is 24.1 Å². The summed E-state index contributed by atoms with van der Waals surface area (Å²) in [4.78, 5) is 37.8. The van der Waals surface area contributed by atoms with E-state index in [0.29, 0.717) is 19.6 Å². The number of carbonyl (C=O) groups is 2. The van der Waals surface area contributed by atoms with Gasteiger partial charge in [-0.1, -0.05) is 55.7 Å². The molecule has 9 nitrogen and oxygen atoms in total. The molecule has 46 heavy (non-hydrogen) atoms. The SMILES string of the molecule is CC(C)(C)OC(=O)N(CCCCN1Cc2cccc3nc(-c4ccccc4)c(n23)C1)CCN(C(=O)OC(C)(C)C)C1CCCCC1. The molecular formula is C37H53N5O4. The van der Waals surface area contributed by atoms with Crippen LogP contribution in [0, 0.1) is 0 Å². The number of nitrogens with zero attached hydrogens (tertiary/aromatic N) is 5. The van der Waals surface area contributed by atoms with Gasteiger partial charge in [-0.25, -0.2) is 14.6 Å². The molecule has 2 aliphatic rings. The molecule has 9 heteroatoms. The average Bonchev–Trinajstić information content (AvgIpc) is 3.37. The Kier molecular flexibility index (Phi) is 10.6. The smallest absolute Gasteiger partial charge is 0.410 e. The zero-order chi connectivity index (χ0) is 32.9. The van der Waals surface area contributed by atoms with Crippen LogP contribution in [0.4, 0.5) is 9.59 Å². The Morgan fingerprint density at radius 3 is 2.20 bits per heavy atom. The van der Waals surface area contributed by atoms with Crippen molar-refractivity contribution in [3.05, 3.63) is 59.9 Å². The first-order valence-corrected chi connectivity index (χ1v) is 17.1. The predicted octanol–water partition coefficient (Wildman–Crippen LogP) is 7.90. The third-order valence-electron chi connectivity index (χ3n) is 8.68. The third-order valence-corrected chi connectivity index (χ3v) is 8.68. The fraction of sp³-hybridized carbons (Fsp3) is 0.595. The lowest BCUT2D eigenvalue weighted by molar-refractivity contribution is 0.00358. The first kappa shape index (κ1) is 33.8. The van der Waals surface area contributed by atoms with E-state index < -0.39 is 11.2 Å². The second-order valence-corrected chi connectivity index (χ2v) is 14.8. The van der Waals surface area contributed by atoms with Gasteiger partial charge in [0.2, 0.25) is 0 Å². The summed E-state index contributed by atoms with van der Waals surface area (Å²) in [5.74, 6) is 0. The van der Waals surface area contributed by atoms with Crippen molar-refractivity contribution in [2.24, 2.45) is 0 Å². The normalized spacial score (nSPS) is 16.0. The quantitative estimate of drug-likeness (QED) is 0.212. The molecule has 250 valence electrons. The standard InChI is InChI=1S/C37H53N5O4/c1-36(2,3)45-34(43)40(24-25-41(29-18-11-8-12-19-29)35(44)46-37(4,5)6)23-14-13-22-39-26-30-20-15-21-32-38-33(31(27-39)42(30)32)28-16-9-7-10-17-28/h7,9-10,15-17,20-21,29H,8,11-14,18-19,22-27H2,1-6H3. The molecule has 3 heterocycles. The molecule has 0 saturated heterocycles. The summed E-state index contributed by atoms with van der Waals surface area (Å²) in [6.45, 7) is 15.4. The van der Waals surface area contributed by atoms with E-state index in [4.69, 9.17) is 14.5 Å². The Labute approximate surface area is 274 Å². The molecule has 0 bridgehead atoms. The maximum atomic E-state index is 13.4. The van der Waals surface area contributed by atoms with Crippen LogP contribution in [0.1, 0.15) is 97.9 Å². The molecule has 1 aromatic carbocycles. The van der Waals surface area contributed by atoms with Crippen LogP contribution in [-0.2, 0) is 22.6 Å². The van der Waals surface area contributed by atoms with Gasteiger partial charge in [-0.3, -0.25) is 9.30 Å². The number of imidazole rings is 1. The van der Waals surface area contributed by atoms with Crippen LogP contribution < -0.4 is 0 Å². The van der Waals surface area contributed by atoms with E-state index in [0.717, 1.165) is 75.1 Å². The van der Waals surface area contributed by atoms with Gasteiger partial charge in [0.1, 0.15) is 16.8 Å². The Bertz CT molecular complexity index is 1470. The molecule has 5 rings (SSSR count). The summed E-state index contributed by atoms with van der Waals surface area (Å²) in [5, 5.41) is 0. The van der Waals surface area contributed by atoms with E-state index in [1.807, 2.05) is 52.5 Å². The number of benzene rings is 1. The minimum Gasteiger partial charge on any atom is -0.444 e. The molecule has 2 aromatic heterocycles. The van der Waals surface area contributed by atoms with Crippen LogP contribution in [0.15, 0.2) is 48.5 Å². The predicted molar refractivity (Wildman–Crippen MR) is 182 cm³/mol. The molecule has 0 N–H and O–H groups in total. The number of hydrogen-bond acceptors (Lipinski definition) is 6. The van der Waals surface area contributed by atoms with E-state index in [1.165, 1.54) is 17.8 Å². The number of ether oxygens (including phenoxy) is 2. The molecule has 1 aliphatic heterocycles. The number of aromatic nitrogens is 2. The highest BCUT2D eigenvalue weighted by atomic mass is 16.6. The van der Waals surface area contributed by atoms with E-state index in [1.54, 1.807) is 4.90 Å². The minimum atomic E-state index is -0.599. The van der Waals surface area contributed by atoms with Gasteiger partial charge in [0.25, 0.3) is 0 Å². The molecule has 3 aromatic rings. The zero-order valence-electron chi connectivity index (χ0n) is 28.8. The average molecular weight is 632 g/mol. The highest BCUT2D eigenvalue weighted by Gasteiger charge is 2.31. The van der Waals surface area contributed by atoms with Crippen molar-refractivity contribution in [2.75, 3.05) is 26.2 Å². The number of unbranched alkanes of at least 4 members (excludes halogenated alkanes) is 1. The first-order chi connectivity index (χ1) is 21.9. The van der Waals surface area contributed by atoms with Crippen LogP contribution in [0.5, 0.6) is 0 Å². The number of pyridine rings is 1. The van der Waals surface area contributed by atoms with Gasteiger partial charge in [-0.15, -0.1) is 0 Å². The maximum absolute atomic E-state index is 13.4. The Morgan fingerprint density at radius 1 is 0.804 bits per heavy atom. The number of rotatable bonds is 10. The lowest BCUT2D eigenvalue weighted by Crippen LogP contribution is -2.49. The molecule has 0 atom stereocenters. The molecule has 0 spiro atoms. The highest BCUT2D eigenvalue weighted by Crippen LogP contribution is 2.30. The van der Waals surface area contributed by atoms with Crippen molar-refractivity contribution < 1.29 is 19.1 Å². The molecular weight excluding hydrogens is 578 g/mol. The van der Waals surface area contributed by atoms with E-state index in [2.05, 4.69) is 51.8 Å². The molecule has 2 amide bonds. The fourth-order valence-electron chi connectivity index (χ4n) is 6.60. The van der Waals surface area contributed by atoms with Gasteiger partial charge in [0.15, 0.2) is 0 Å². The summed E-state index contributed by atoms with van der Waals surface area (Å²) >= 11 is 0. The number of hydrogen-bond donors (Lipinski definition) is 0. The summed E-state index contributed by atoms with van der Waals surface area (Å²) in [6, 6.07) is 16.9. The fourth-order valence-corrected chi connectivity index (χ4v) is 6.60. The van der Waals surface area contributed by atoms with Crippen molar-refractivity contribution >= 4 is 17.8 Å². The van der Waals surface area contributed by atoms with Crippen LogP contribution in [0.25, 0.3) is 16.9 Å². The monoisotopic (exact) mass is 631 g/mol. The van der Waals surface area contributed by atoms with Crippen LogP contribution >= 0.6 is 0 Å². The van der Waals surface area contributed by atoms with Crippen LogP contribution in [0.2, 0.25) is 0 Å². The van der Waals surface area contributed by atoms with E-state index >= 15 is 0 Å². The van der Waals surface area contributed by atoms with E-state index in [9.17, 15) is 9.59 Å². The lowest BCUT2D eigenvalue weighted by Gasteiger charge is -2.37. The van der Waals surface area contributed by atoms with Crippen LogP contribution in [-0.4, -0.2) is 79.7 Å². The van der Waals surface area contributed by atoms with Crippen molar-refractivity contribution in [1.29, 1.82) is 0 Å². The molecule has 1 fully saturated rings. The number of carbonyl (C=O) groups excluding carboxylic acids is 2. The van der Waals surface area contributed by atoms with Gasteiger partial charge in [-0.05, 0) is 85.9 Å². The lowest BCUT2D eigenvalue weighted by atomic mass is 9.94. The summed E-state index contributed by atoms with van der Waals surface area (Å²) in [7, 11) is 0. The van der Waals surface area contributed by atoms with Gasteiger partial charge in [0.05, 0.1) is 11.4 Å². The topological polar surface area (TPSA) is 79.6 Å². The molecule has 1 saturated carbocycles. The zero-order valence-corrected chi connectivity index (χ0v) is 28.8. The first-order valence-electron chi connectivity index (χ1n) is 17.1. The minimum absolute atomic E-state index is 0.141. The molecule has 0 radical (unpaired) electrons. The maximum Gasteiger partial charge on any atom is 0.410 e. The van der Waals surface area contributed by atoms with Crippen molar-refractivity contribution in [3.8, 4) is 11.3 Å². The summed E-state index contributed by atoms with van der Waals surface area (Å²) in [6.07, 6.45) is 6.50. The second-order valence-electron chi connectivity index (χ2n) is 14.8. The van der Waals surface area contributed by atoms with Crippen LogP contribution in [0.3, 0.4) is 0 Å². The Hall–Kier alpha value is -3.59. The Balaban J connectivity index is 1.22. The molecule has 1 aliphatic carbocycles. The highest BCUT2D eigenvalue weighted by molar-refractivity contribution is 5.70.